The maximum absolute atomic E-state index is 13.0. The Balaban J connectivity index is 0.000000283. The number of aliphatic hydroxyl groups excluding tert-OH is 2. The van der Waals surface area contributed by atoms with E-state index in [9.17, 15) is 39.0 Å². The summed E-state index contributed by atoms with van der Waals surface area (Å²) in [4.78, 5) is 87.7. The summed E-state index contributed by atoms with van der Waals surface area (Å²) < 4.78 is 0. The molecule has 3 saturated heterocycles. The molecule has 0 spiro atoms. The Labute approximate surface area is 406 Å². The smallest absolute Gasteiger partial charge is 0.239 e. The van der Waals surface area contributed by atoms with E-state index < -0.39 is 12.2 Å². The molecule has 3 aliphatic rings. The number of aromatic nitrogens is 2. The first-order chi connectivity index (χ1) is 31.1. The number of hydrogen-bond acceptors (Lipinski definition) is 15. The normalized spacial score (nSPS) is 19.7. The predicted octanol–water partition coefficient (Wildman–Crippen LogP) is 0.256. The average molecular weight is 1050 g/mol. The number of alkyl halides is 2. The topological polar surface area (TPSA) is 247 Å². The Bertz CT molecular complexity index is 1840. The number of rotatable bonds is 17. The van der Waals surface area contributed by atoms with Gasteiger partial charge in [-0.25, -0.2) is 0 Å². The molecule has 19 nitrogen and oxygen atoms in total. The van der Waals surface area contributed by atoms with Gasteiger partial charge < -0.3 is 31.9 Å². The van der Waals surface area contributed by atoms with Crippen molar-refractivity contribution in [3.8, 4) is 0 Å². The number of imide groups is 1. The fraction of sp³-hybridized carbons (Fsp3) is 0.644. The number of aliphatic hydroxyl groups is 2. The van der Waals surface area contributed by atoms with Crippen LogP contribution in [0, 0.1) is 0 Å². The van der Waals surface area contributed by atoms with E-state index in [-0.39, 0.29) is 102 Å². The van der Waals surface area contributed by atoms with Gasteiger partial charge in [0.05, 0.1) is 29.4 Å². The van der Waals surface area contributed by atoms with Gasteiger partial charge in [-0.3, -0.25) is 63.2 Å². The lowest BCUT2D eigenvalue weighted by molar-refractivity contribution is -0.141. The molecule has 0 radical (unpaired) electrons. The third-order valence-electron chi connectivity index (χ3n) is 10.5. The summed E-state index contributed by atoms with van der Waals surface area (Å²) in [5, 5.41) is 29.5. The summed E-state index contributed by atoms with van der Waals surface area (Å²) in [7, 11) is 0. The zero-order valence-electron chi connectivity index (χ0n) is 39.3. The van der Waals surface area contributed by atoms with Crippen LogP contribution < -0.4 is 21.7 Å². The molecule has 4 atom stereocenters. The van der Waals surface area contributed by atoms with Crippen LogP contribution in [0.25, 0.3) is 0 Å². The molecule has 3 fully saturated rings. The summed E-state index contributed by atoms with van der Waals surface area (Å²) in [6, 6.07) is 7.28. The van der Waals surface area contributed by atoms with Gasteiger partial charge in [0.25, 0.3) is 0 Å². The standard InChI is InChI=1S/C20H32BrN5O3.C18H31N5O2.C7H8BrNO3/c1-20(2,3)24-19(29)17-14-25(12-15-4-6-22-7-5-15)8-9-26(17)13-16(27)11-23-18(28)10-21;1-18(2,3)21-17(25)16-13-22(11-14-4-6-20-7-5-14)8-9-23(16)12-15(24)10-19;8-3-5(10)4-9-6(11)1-2-7(9)12/h4-7,16-17,27H,8-14H2,1-3H3,(H,23,28)(H,24,29);4-7,15-16,24H,8-13,19H2,1-3H3,(H,21,25);1-4H2/t16?,17-;15?,16-;/m00./s1. The van der Waals surface area contributed by atoms with Crippen LogP contribution in [0.15, 0.2) is 49.1 Å². The average Bonchev–Trinajstić information content (AvgIpc) is 3.58. The second-order valence-corrected chi connectivity index (χ2v) is 19.8. The van der Waals surface area contributed by atoms with E-state index in [0.717, 1.165) is 43.2 Å². The maximum atomic E-state index is 13.0. The molecule has 7 N–H and O–H groups in total. The molecule has 21 heteroatoms. The van der Waals surface area contributed by atoms with E-state index in [2.05, 4.69) is 67.6 Å². The van der Waals surface area contributed by atoms with Crippen molar-refractivity contribution in [2.75, 3.05) is 82.7 Å². The van der Waals surface area contributed by atoms with Crippen molar-refractivity contribution < 1.29 is 39.0 Å². The highest BCUT2D eigenvalue weighted by Crippen LogP contribution is 2.17. The van der Waals surface area contributed by atoms with E-state index in [4.69, 9.17) is 5.73 Å². The third-order valence-corrected chi connectivity index (χ3v) is 11.7. The number of β-amino-alcohol motifs (C(OH)–C–C–N with tert-alkyl or cyclic N) is 2. The summed E-state index contributed by atoms with van der Waals surface area (Å²) in [6.45, 7) is 18.6. The number of carbonyl (C=O) groups excluding carboxylic acids is 6. The van der Waals surface area contributed by atoms with Crippen LogP contribution in [0.3, 0.4) is 0 Å². The van der Waals surface area contributed by atoms with Crippen LogP contribution in [0.2, 0.25) is 0 Å². The number of likely N-dealkylation sites (tertiary alicyclic amines) is 1. The van der Waals surface area contributed by atoms with Crippen LogP contribution in [-0.2, 0) is 41.9 Å². The third kappa shape index (κ3) is 21.0. The molecule has 0 aliphatic carbocycles. The molecular formula is C45H71Br2N11O8. The van der Waals surface area contributed by atoms with Crippen LogP contribution in [0.5, 0.6) is 0 Å². The minimum Gasteiger partial charge on any atom is -0.390 e. The second-order valence-electron chi connectivity index (χ2n) is 18.7. The number of amides is 5. The van der Waals surface area contributed by atoms with Crippen LogP contribution in [-0.4, -0.2) is 198 Å². The molecule has 2 unspecified atom stereocenters. The molecule has 3 aliphatic heterocycles. The first-order valence-electron chi connectivity index (χ1n) is 22.3. The number of ketones is 1. The van der Waals surface area contributed by atoms with Crippen LogP contribution in [0.4, 0.5) is 0 Å². The molecule has 0 bridgehead atoms. The highest BCUT2D eigenvalue weighted by molar-refractivity contribution is 9.09. The quantitative estimate of drug-likeness (QED) is 0.0920. The van der Waals surface area contributed by atoms with E-state index in [1.807, 2.05) is 75.6 Å². The molecule has 2 aromatic heterocycles. The van der Waals surface area contributed by atoms with Crippen molar-refractivity contribution >= 4 is 67.2 Å². The molecule has 5 rings (SSSR count). The maximum Gasteiger partial charge on any atom is 0.239 e. The largest absolute Gasteiger partial charge is 0.390 e. The van der Waals surface area contributed by atoms with Crippen molar-refractivity contribution in [2.24, 2.45) is 5.73 Å². The molecule has 66 heavy (non-hydrogen) atoms. The van der Waals surface area contributed by atoms with Crippen molar-refractivity contribution in [3.05, 3.63) is 60.2 Å². The molecule has 0 saturated carbocycles. The van der Waals surface area contributed by atoms with Gasteiger partial charge in [-0.2, -0.15) is 0 Å². The van der Waals surface area contributed by atoms with Crippen LogP contribution >= 0.6 is 31.9 Å². The lowest BCUT2D eigenvalue weighted by Crippen LogP contribution is -2.62. The van der Waals surface area contributed by atoms with Crippen molar-refractivity contribution in [1.29, 1.82) is 0 Å². The molecule has 368 valence electrons. The SMILES string of the molecule is CC(C)(C)NC(=O)[C@@H]1CN(Cc2ccncc2)CCN1CC(O)CN.CC(C)(C)NC(=O)[C@@H]1CN(Cc2ccncc2)CCN1CC(O)CNC(=O)CBr.O=C(CBr)CN1C(=O)CCC1=O. The molecular weight excluding hydrogens is 982 g/mol. The van der Waals surface area contributed by atoms with E-state index in [1.165, 1.54) is 5.56 Å². The zero-order valence-corrected chi connectivity index (χ0v) is 42.4. The number of halogens is 2. The lowest BCUT2D eigenvalue weighted by Gasteiger charge is -2.42. The summed E-state index contributed by atoms with van der Waals surface area (Å²) >= 11 is 6.05. The first kappa shape index (κ1) is 56.5. The van der Waals surface area contributed by atoms with Gasteiger partial charge in [-0.05, 0) is 76.9 Å². The molecule has 2 aromatic rings. The van der Waals surface area contributed by atoms with E-state index >= 15 is 0 Å². The predicted molar refractivity (Wildman–Crippen MR) is 258 cm³/mol. The number of hydrogen-bond donors (Lipinski definition) is 6. The van der Waals surface area contributed by atoms with Gasteiger partial charge in [0.15, 0.2) is 5.78 Å². The van der Waals surface area contributed by atoms with Crippen molar-refractivity contribution in [3.63, 3.8) is 0 Å². The number of piperazine rings is 2. The zero-order chi connectivity index (χ0) is 49.0. The Kier molecular flexibility index (Phi) is 23.9. The highest BCUT2D eigenvalue weighted by Gasteiger charge is 2.36. The van der Waals surface area contributed by atoms with Gasteiger partial charge in [-0.1, -0.05) is 31.9 Å². The first-order valence-corrected chi connectivity index (χ1v) is 24.5. The summed E-state index contributed by atoms with van der Waals surface area (Å²) in [5.41, 5.74) is 7.26. The number of carbonyl (C=O) groups is 6. The number of nitrogens with one attached hydrogen (secondary N) is 3. The van der Waals surface area contributed by atoms with Gasteiger partial charge in [-0.15, -0.1) is 0 Å². The Morgan fingerprint density at radius 3 is 1.52 bits per heavy atom. The number of pyridine rings is 2. The minimum absolute atomic E-state index is 0.00357. The highest BCUT2D eigenvalue weighted by atomic mass is 79.9. The fourth-order valence-corrected chi connectivity index (χ4v) is 7.73. The van der Waals surface area contributed by atoms with Gasteiger partial charge in [0.1, 0.15) is 12.1 Å². The monoisotopic (exact) mass is 1050 g/mol. The number of nitrogens with two attached hydrogens (primary N) is 1. The Hall–Kier alpha value is -3.80. The lowest BCUT2D eigenvalue weighted by atomic mass is 10.1. The Morgan fingerprint density at radius 1 is 0.712 bits per heavy atom. The van der Waals surface area contributed by atoms with Crippen molar-refractivity contribution in [2.45, 2.75) is 103 Å². The van der Waals surface area contributed by atoms with Gasteiger partial charge >= 0.3 is 0 Å². The molecule has 5 heterocycles. The van der Waals surface area contributed by atoms with Gasteiger partial charge in [0, 0.05) is 127 Å². The molecule has 0 aromatic carbocycles. The fourth-order valence-electron chi connectivity index (χ4n) is 7.35. The van der Waals surface area contributed by atoms with E-state index in [1.54, 1.807) is 24.8 Å². The molecule has 5 amide bonds. The second kappa shape index (κ2) is 27.9. The van der Waals surface area contributed by atoms with E-state index in [0.29, 0.717) is 32.7 Å². The number of Topliss-reactive ketones (excluding diaryl/α,β-unsaturated/α-hetero) is 1. The summed E-state index contributed by atoms with van der Waals surface area (Å²) in [5.74, 6) is -0.861. The Morgan fingerprint density at radius 2 is 1.14 bits per heavy atom. The van der Waals surface area contributed by atoms with Crippen molar-refractivity contribution in [1.82, 2.24) is 50.4 Å². The number of nitrogens with zero attached hydrogens (tertiary/aromatic N) is 7. The van der Waals surface area contributed by atoms with Gasteiger partial charge in [0.2, 0.25) is 29.5 Å². The minimum atomic E-state index is -0.741. The van der Waals surface area contributed by atoms with Crippen LogP contribution in [0.1, 0.15) is 65.5 Å². The summed E-state index contributed by atoms with van der Waals surface area (Å²) in [6.07, 6.45) is 6.24.